The fourth-order valence-corrected chi connectivity index (χ4v) is 3.85. The number of likely N-dealkylation sites (tertiary alicyclic amines) is 1. The Morgan fingerprint density at radius 3 is 2.30 bits per heavy atom. The lowest BCUT2D eigenvalue weighted by atomic mass is 9.99. The highest BCUT2D eigenvalue weighted by molar-refractivity contribution is 7.88. The zero-order valence-electron chi connectivity index (χ0n) is 16.4. The summed E-state index contributed by atoms with van der Waals surface area (Å²) < 4.78 is 36.0. The molecule has 1 aromatic carbocycles. The first-order valence-corrected chi connectivity index (χ1v) is 11.1. The highest BCUT2D eigenvalue weighted by Crippen LogP contribution is 2.18. The Bertz CT molecular complexity index is 697. The molecule has 0 aromatic heterocycles. The summed E-state index contributed by atoms with van der Waals surface area (Å²) in [5, 5.41) is 0. The number of hydrogen-bond donors (Lipinski definition) is 0. The van der Waals surface area contributed by atoms with Crippen LogP contribution in [0.2, 0.25) is 0 Å². The summed E-state index contributed by atoms with van der Waals surface area (Å²) >= 11 is 0. The largest absolute Gasteiger partial charge is 0.497 e. The van der Waals surface area contributed by atoms with Crippen molar-refractivity contribution >= 4 is 15.9 Å². The molecule has 7 nitrogen and oxygen atoms in total. The van der Waals surface area contributed by atoms with Crippen molar-refractivity contribution in [1.29, 1.82) is 0 Å². The summed E-state index contributed by atoms with van der Waals surface area (Å²) in [4.78, 5) is 14.2. The number of ether oxygens (including phenoxy) is 2. The average Bonchev–Trinajstić information content (AvgIpc) is 2.64. The first-order valence-electron chi connectivity index (χ1n) is 9.29. The number of benzene rings is 1. The maximum atomic E-state index is 12.4. The molecule has 0 spiro atoms. The Hall–Kier alpha value is -1.80. The number of rotatable bonds is 9. The monoisotopic (exact) mass is 398 g/mol. The van der Waals surface area contributed by atoms with Gasteiger partial charge in [-0.2, -0.15) is 4.31 Å². The lowest BCUT2D eigenvalue weighted by Crippen LogP contribution is -2.41. The summed E-state index contributed by atoms with van der Waals surface area (Å²) in [6.45, 7) is 4.31. The molecule has 0 aliphatic carbocycles. The van der Waals surface area contributed by atoms with Gasteiger partial charge >= 0.3 is 0 Å². The van der Waals surface area contributed by atoms with Crippen LogP contribution in [-0.4, -0.2) is 69.7 Å². The van der Waals surface area contributed by atoms with E-state index in [4.69, 9.17) is 9.47 Å². The van der Waals surface area contributed by atoms with Crippen molar-refractivity contribution in [1.82, 2.24) is 9.21 Å². The third kappa shape index (κ3) is 7.03. The zero-order chi connectivity index (χ0) is 19.9. The SMILES string of the molecule is COc1ccc(OCCN(CCC(=O)N2CCC(C)CC2)S(C)(=O)=O)cc1. The molecule has 0 radical (unpaired) electrons. The molecule has 152 valence electrons. The fourth-order valence-electron chi connectivity index (χ4n) is 3.02. The molecule has 1 amide bonds. The third-order valence-electron chi connectivity index (χ3n) is 4.85. The Balaban J connectivity index is 1.81. The van der Waals surface area contributed by atoms with E-state index in [9.17, 15) is 13.2 Å². The number of carbonyl (C=O) groups excluding carboxylic acids is 1. The number of amides is 1. The van der Waals surface area contributed by atoms with Gasteiger partial charge in [0.05, 0.1) is 13.4 Å². The van der Waals surface area contributed by atoms with E-state index in [1.54, 1.807) is 31.4 Å². The second kappa shape index (κ2) is 9.94. The Morgan fingerprint density at radius 1 is 1.15 bits per heavy atom. The van der Waals surface area contributed by atoms with Gasteiger partial charge in [-0.25, -0.2) is 8.42 Å². The molecule has 0 atom stereocenters. The average molecular weight is 399 g/mol. The highest BCUT2D eigenvalue weighted by atomic mass is 32.2. The van der Waals surface area contributed by atoms with Crippen LogP contribution in [0.5, 0.6) is 11.5 Å². The minimum Gasteiger partial charge on any atom is -0.497 e. The maximum Gasteiger partial charge on any atom is 0.223 e. The summed E-state index contributed by atoms with van der Waals surface area (Å²) in [5.41, 5.74) is 0. The second-order valence-electron chi connectivity index (χ2n) is 7.00. The molecule has 0 unspecified atom stereocenters. The van der Waals surface area contributed by atoms with Crippen molar-refractivity contribution < 1.29 is 22.7 Å². The number of piperidine rings is 1. The predicted molar refractivity (Wildman–Crippen MR) is 105 cm³/mol. The molecule has 0 N–H and O–H groups in total. The molecule has 1 fully saturated rings. The quantitative estimate of drug-likeness (QED) is 0.636. The zero-order valence-corrected chi connectivity index (χ0v) is 17.2. The van der Waals surface area contributed by atoms with Crippen molar-refractivity contribution in [2.75, 3.05) is 46.2 Å². The van der Waals surface area contributed by atoms with Crippen molar-refractivity contribution in [2.45, 2.75) is 26.2 Å². The number of sulfonamides is 1. The van der Waals surface area contributed by atoms with Gasteiger partial charge in [0.1, 0.15) is 18.1 Å². The number of hydrogen-bond acceptors (Lipinski definition) is 5. The summed E-state index contributed by atoms with van der Waals surface area (Å²) in [5.74, 6) is 2.04. The lowest BCUT2D eigenvalue weighted by molar-refractivity contribution is -0.132. The second-order valence-corrected chi connectivity index (χ2v) is 8.98. The lowest BCUT2D eigenvalue weighted by Gasteiger charge is -2.31. The van der Waals surface area contributed by atoms with E-state index in [-0.39, 0.29) is 32.0 Å². The van der Waals surface area contributed by atoms with Gasteiger partial charge < -0.3 is 14.4 Å². The van der Waals surface area contributed by atoms with Crippen molar-refractivity contribution in [3.63, 3.8) is 0 Å². The van der Waals surface area contributed by atoms with Crippen LogP contribution < -0.4 is 9.47 Å². The van der Waals surface area contributed by atoms with E-state index in [2.05, 4.69) is 6.92 Å². The predicted octanol–water partition coefficient (Wildman–Crippen LogP) is 1.98. The molecule has 0 saturated carbocycles. The van der Waals surface area contributed by atoms with Gasteiger partial charge in [0.15, 0.2) is 0 Å². The fraction of sp³-hybridized carbons (Fsp3) is 0.632. The minimum atomic E-state index is -3.40. The van der Waals surface area contributed by atoms with Gasteiger partial charge in [-0.15, -0.1) is 0 Å². The van der Waals surface area contributed by atoms with Crippen LogP contribution in [0.3, 0.4) is 0 Å². The summed E-state index contributed by atoms with van der Waals surface area (Å²) in [7, 11) is -1.81. The molecule has 1 aliphatic heterocycles. The highest BCUT2D eigenvalue weighted by Gasteiger charge is 2.23. The molecular formula is C19H30N2O5S. The van der Waals surface area contributed by atoms with Crippen LogP contribution in [0.4, 0.5) is 0 Å². The van der Waals surface area contributed by atoms with Crippen LogP contribution >= 0.6 is 0 Å². The van der Waals surface area contributed by atoms with Gasteiger partial charge in [0.2, 0.25) is 15.9 Å². The topological polar surface area (TPSA) is 76.2 Å². The normalized spacial score (nSPS) is 15.8. The van der Waals surface area contributed by atoms with Gasteiger partial charge in [-0.05, 0) is 43.0 Å². The van der Waals surface area contributed by atoms with Crippen LogP contribution in [0.15, 0.2) is 24.3 Å². The first-order chi connectivity index (χ1) is 12.8. The minimum absolute atomic E-state index is 0.0200. The molecule has 2 rings (SSSR count). The molecule has 0 bridgehead atoms. The molecule has 1 saturated heterocycles. The van der Waals surface area contributed by atoms with Crippen molar-refractivity contribution in [3.8, 4) is 11.5 Å². The van der Waals surface area contributed by atoms with Crippen LogP contribution in [-0.2, 0) is 14.8 Å². The van der Waals surface area contributed by atoms with Crippen LogP contribution in [0.25, 0.3) is 0 Å². The number of nitrogens with zero attached hydrogens (tertiary/aromatic N) is 2. The van der Waals surface area contributed by atoms with Gasteiger partial charge in [0, 0.05) is 32.6 Å². The smallest absolute Gasteiger partial charge is 0.223 e. The van der Waals surface area contributed by atoms with Crippen LogP contribution in [0, 0.1) is 5.92 Å². The van der Waals surface area contributed by atoms with Crippen LogP contribution in [0.1, 0.15) is 26.2 Å². The molecule has 27 heavy (non-hydrogen) atoms. The van der Waals surface area contributed by atoms with E-state index in [1.807, 2.05) is 4.90 Å². The molecule has 8 heteroatoms. The van der Waals surface area contributed by atoms with E-state index in [0.717, 1.165) is 37.9 Å². The molecule has 1 heterocycles. The van der Waals surface area contributed by atoms with Gasteiger partial charge in [-0.1, -0.05) is 6.92 Å². The van der Waals surface area contributed by atoms with Gasteiger partial charge in [-0.3, -0.25) is 4.79 Å². The Morgan fingerprint density at radius 2 is 1.74 bits per heavy atom. The molecular weight excluding hydrogens is 368 g/mol. The first kappa shape index (κ1) is 21.5. The number of methoxy groups -OCH3 is 1. The van der Waals surface area contributed by atoms with E-state index in [0.29, 0.717) is 11.7 Å². The Kier molecular flexibility index (Phi) is 7.91. The molecule has 1 aromatic rings. The standard InChI is InChI=1S/C19H30N2O5S/c1-16-8-11-20(12-9-16)19(22)10-13-21(27(3,23)24)14-15-26-18-6-4-17(25-2)5-7-18/h4-7,16H,8-15H2,1-3H3. The van der Waals surface area contributed by atoms with E-state index in [1.165, 1.54) is 4.31 Å². The number of carbonyl (C=O) groups is 1. The van der Waals surface area contributed by atoms with E-state index >= 15 is 0 Å². The summed E-state index contributed by atoms with van der Waals surface area (Å²) in [6, 6.07) is 7.10. The third-order valence-corrected chi connectivity index (χ3v) is 6.15. The van der Waals surface area contributed by atoms with E-state index < -0.39 is 10.0 Å². The van der Waals surface area contributed by atoms with Crippen molar-refractivity contribution in [2.24, 2.45) is 5.92 Å². The maximum absolute atomic E-state index is 12.4. The van der Waals surface area contributed by atoms with Crippen molar-refractivity contribution in [3.05, 3.63) is 24.3 Å². The van der Waals surface area contributed by atoms with Gasteiger partial charge in [0.25, 0.3) is 0 Å². The summed E-state index contributed by atoms with van der Waals surface area (Å²) in [6.07, 6.45) is 3.38. The molecule has 1 aliphatic rings. The Labute approximate surface area is 162 Å².